The zero-order valence-corrected chi connectivity index (χ0v) is 25.8. The van der Waals surface area contributed by atoms with Gasteiger partial charge in [0.25, 0.3) is 0 Å². The first-order valence-corrected chi connectivity index (χ1v) is 16.7. The quantitative estimate of drug-likeness (QED) is 0.141. The Morgan fingerprint density at radius 2 is 1.34 bits per heavy atom. The first kappa shape index (κ1) is 28.9. The maximum atomic E-state index is 12.5. The zero-order chi connectivity index (χ0) is 29.8. The number of rotatable bonds is 10. The molecular weight excluding hydrogens is 542 g/mol. The van der Waals surface area contributed by atoms with E-state index in [0.717, 1.165) is 25.6 Å². The van der Waals surface area contributed by atoms with E-state index in [2.05, 4.69) is 81.4 Å². The molecule has 0 bridgehead atoms. The molecule has 5 heteroatoms. The summed E-state index contributed by atoms with van der Waals surface area (Å²) in [6, 6.07) is 33.0. The maximum absolute atomic E-state index is 12.5. The SMILES string of the molecule is O=C(Oc1ccccc1)c1ccc(N2CC(CN3CCC(C(Cn4cccc4)(c4ccccc4)C4CCCC4)CC3)C2)cc1. The van der Waals surface area contributed by atoms with E-state index in [-0.39, 0.29) is 11.4 Å². The van der Waals surface area contributed by atoms with Gasteiger partial charge in [0.2, 0.25) is 0 Å². The van der Waals surface area contributed by atoms with E-state index in [9.17, 15) is 4.79 Å². The Labute approximate surface area is 262 Å². The monoisotopic (exact) mass is 587 g/mol. The number of anilines is 1. The van der Waals surface area contributed by atoms with Crippen LogP contribution in [-0.2, 0) is 12.0 Å². The third kappa shape index (κ3) is 6.08. The minimum atomic E-state index is -0.315. The van der Waals surface area contributed by atoms with Gasteiger partial charge in [-0.2, -0.15) is 0 Å². The van der Waals surface area contributed by atoms with Gasteiger partial charge in [-0.15, -0.1) is 0 Å². The number of piperidine rings is 1. The molecule has 1 unspecified atom stereocenters. The topological polar surface area (TPSA) is 37.7 Å². The third-order valence-electron chi connectivity index (χ3n) is 10.7. The zero-order valence-electron chi connectivity index (χ0n) is 25.8. The first-order chi connectivity index (χ1) is 21.7. The second-order valence-corrected chi connectivity index (χ2v) is 13.3. The molecule has 0 amide bonds. The molecule has 3 fully saturated rings. The molecular formula is C39H45N3O2. The Balaban J connectivity index is 0.952. The summed E-state index contributed by atoms with van der Waals surface area (Å²) in [5, 5.41) is 0. The Hall–Kier alpha value is -3.83. The van der Waals surface area contributed by atoms with E-state index in [4.69, 9.17) is 4.74 Å². The summed E-state index contributed by atoms with van der Waals surface area (Å²) >= 11 is 0. The number of ether oxygens (including phenoxy) is 1. The highest BCUT2D eigenvalue weighted by atomic mass is 16.5. The summed E-state index contributed by atoms with van der Waals surface area (Å²) in [6.45, 7) is 6.84. The van der Waals surface area contributed by atoms with Crippen molar-refractivity contribution in [3.05, 3.63) is 121 Å². The van der Waals surface area contributed by atoms with Crippen LogP contribution in [-0.4, -0.2) is 48.2 Å². The van der Waals surface area contributed by atoms with E-state index in [1.807, 2.05) is 30.3 Å². The lowest BCUT2D eigenvalue weighted by molar-refractivity contribution is 0.0647. The van der Waals surface area contributed by atoms with Crippen LogP contribution in [0.2, 0.25) is 0 Å². The molecule has 2 aliphatic heterocycles. The van der Waals surface area contributed by atoms with E-state index in [0.29, 0.717) is 23.1 Å². The van der Waals surface area contributed by atoms with Gasteiger partial charge in [0, 0.05) is 55.6 Å². The van der Waals surface area contributed by atoms with E-state index in [1.165, 1.54) is 63.8 Å². The van der Waals surface area contributed by atoms with Crippen LogP contribution in [0.25, 0.3) is 0 Å². The third-order valence-corrected chi connectivity index (χ3v) is 10.7. The smallest absolute Gasteiger partial charge is 0.343 e. The van der Waals surface area contributed by atoms with Crippen molar-refractivity contribution in [3.63, 3.8) is 0 Å². The molecule has 1 aliphatic carbocycles. The van der Waals surface area contributed by atoms with Crippen molar-refractivity contribution in [2.24, 2.45) is 17.8 Å². The summed E-state index contributed by atoms with van der Waals surface area (Å²) in [6.07, 6.45) is 12.6. The van der Waals surface area contributed by atoms with Gasteiger partial charge < -0.3 is 19.1 Å². The lowest BCUT2D eigenvalue weighted by Gasteiger charge is -2.50. The predicted molar refractivity (Wildman–Crippen MR) is 177 cm³/mol. The van der Waals surface area contributed by atoms with Crippen LogP contribution in [0.1, 0.15) is 54.4 Å². The normalized spacial score (nSPS) is 19.9. The van der Waals surface area contributed by atoms with E-state index in [1.54, 1.807) is 17.7 Å². The van der Waals surface area contributed by atoms with Crippen LogP contribution in [0.15, 0.2) is 109 Å². The number of likely N-dealkylation sites (tertiary alicyclic amines) is 1. The van der Waals surface area contributed by atoms with Crippen molar-refractivity contribution in [1.29, 1.82) is 0 Å². The fourth-order valence-corrected chi connectivity index (χ4v) is 8.48. The van der Waals surface area contributed by atoms with Crippen molar-refractivity contribution in [3.8, 4) is 5.75 Å². The molecule has 0 spiro atoms. The average molecular weight is 588 g/mol. The molecule has 3 aromatic carbocycles. The van der Waals surface area contributed by atoms with E-state index < -0.39 is 0 Å². The lowest BCUT2D eigenvalue weighted by Crippen LogP contribution is -2.54. The maximum Gasteiger partial charge on any atom is 0.343 e. The Morgan fingerprint density at radius 1 is 0.727 bits per heavy atom. The summed E-state index contributed by atoms with van der Waals surface area (Å²) in [5.74, 6) is 2.42. The highest BCUT2D eigenvalue weighted by Crippen LogP contribution is 2.51. The Morgan fingerprint density at radius 3 is 2.00 bits per heavy atom. The van der Waals surface area contributed by atoms with Crippen molar-refractivity contribution in [2.45, 2.75) is 50.5 Å². The van der Waals surface area contributed by atoms with Crippen LogP contribution in [0.4, 0.5) is 5.69 Å². The van der Waals surface area contributed by atoms with Crippen LogP contribution in [0.5, 0.6) is 5.75 Å². The predicted octanol–water partition coefficient (Wildman–Crippen LogP) is 7.68. The summed E-state index contributed by atoms with van der Waals surface area (Å²) in [7, 11) is 0. The molecule has 2 saturated heterocycles. The van der Waals surface area contributed by atoms with Gasteiger partial charge in [0.15, 0.2) is 0 Å². The second-order valence-electron chi connectivity index (χ2n) is 13.3. The fraction of sp³-hybridized carbons (Fsp3) is 0.410. The molecule has 1 aromatic heterocycles. The van der Waals surface area contributed by atoms with Gasteiger partial charge in [-0.3, -0.25) is 0 Å². The van der Waals surface area contributed by atoms with E-state index >= 15 is 0 Å². The molecule has 4 aromatic rings. The van der Waals surface area contributed by atoms with Crippen molar-refractivity contribution in [1.82, 2.24) is 9.47 Å². The van der Waals surface area contributed by atoms with Crippen molar-refractivity contribution < 1.29 is 9.53 Å². The summed E-state index contributed by atoms with van der Waals surface area (Å²) in [5.41, 5.74) is 3.53. The largest absolute Gasteiger partial charge is 0.423 e. The minimum Gasteiger partial charge on any atom is -0.423 e. The first-order valence-electron chi connectivity index (χ1n) is 16.7. The fourth-order valence-electron chi connectivity index (χ4n) is 8.48. The Kier molecular flexibility index (Phi) is 8.56. The number of carbonyl (C=O) groups is 1. The highest BCUT2D eigenvalue weighted by Gasteiger charge is 2.48. The molecule has 3 heterocycles. The van der Waals surface area contributed by atoms with Crippen molar-refractivity contribution in [2.75, 3.05) is 37.6 Å². The van der Waals surface area contributed by atoms with Crippen LogP contribution in [0, 0.1) is 17.8 Å². The summed E-state index contributed by atoms with van der Waals surface area (Å²) < 4.78 is 7.95. The number of para-hydroxylation sites is 1. The second kappa shape index (κ2) is 13.0. The van der Waals surface area contributed by atoms with Gasteiger partial charge in [-0.25, -0.2) is 4.79 Å². The Bertz CT molecular complexity index is 1470. The molecule has 3 aliphatic rings. The molecule has 44 heavy (non-hydrogen) atoms. The van der Waals surface area contributed by atoms with Crippen LogP contribution < -0.4 is 9.64 Å². The molecule has 1 saturated carbocycles. The number of aromatic nitrogens is 1. The van der Waals surface area contributed by atoms with Gasteiger partial charge >= 0.3 is 5.97 Å². The highest BCUT2D eigenvalue weighted by molar-refractivity contribution is 5.91. The standard InChI is InChI=1S/C39H45N3O2/c43-38(44-37-15-5-2-6-16-37)32-17-19-36(20-18-32)42-28-31(29-42)27-40-25-21-35(22-26-40)39(34-13-7-8-14-34,30-41-23-9-10-24-41)33-11-3-1-4-12-33/h1-6,9-12,15-20,23-24,31,34-35H,7-8,13-14,21-22,25-30H2. The number of nitrogens with zero attached hydrogens (tertiary/aromatic N) is 3. The lowest BCUT2D eigenvalue weighted by atomic mass is 9.59. The molecule has 0 radical (unpaired) electrons. The molecule has 5 nitrogen and oxygen atoms in total. The minimum absolute atomic E-state index is 0.204. The molecule has 0 N–H and O–H groups in total. The van der Waals surface area contributed by atoms with Gasteiger partial charge in [-0.1, -0.05) is 61.4 Å². The van der Waals surface area contributed by atoms with Gasteiger partial charge in [0.1, 0.15) is 5.75 Å². The molecule has 7 rings (SSSR count). The number of hydrogen-bond donors (Lipinski definition) is 0. The van der Waals surface area contributed by atoms with Crippen LogP contribution in [0.3, 0.4) is 0 Å². The molecule has 228 valence electrons. The van der Waals surface area contributed by atoms with Gasteiger partial charge in [-0.05, 0) is 105 Å². The van der Waals surface area contributed by atoms with Crippen LogP contribution >= 0.6 is 0 Å². The number of carbonyl (C=O) groups excluding carboxylic acids is 1. The number of hydrogen-bond acceptors (Lipinski definition) is 4. The summed E-state index contributed by atoms with van der Waals surface area (Å²) in [4.78, 5) is 17.7. The van der Waals surface area contributed by atoms with Gasteiger partial charge in [0.05, 0.1) is 5.56 Å². The average Bonchev–Trinajstić information content (AvgIpc) is 3.78. The molecule has 1 atom stereocenters. The number of esters is 1. The number of benzene rings is 3. The van der Waals surface area contributed by atoms with Crippen molar-refractivity contribution >= 4 is 11.7 Å².